The van der Waals surface area contributed by atoms with Crippen molar-refractivity contribution in [3.05, 3.63) is 32.6 Å². The lowest BCUT2D eigenvalue weighted by Gasteiger charge is -2.09. The average Bonchev–Trinajstić information content (AvgIpc) is 2.66. The van der Waals surface area contributed by atoms with E-state index >= 15 is 0 Å². The number of aliphatic carboxylic acids is 1. The molecule has 1 amide bonds. The van der Waals surface area contributed by atoms with Gasteiger partial charge in [-0.2, -0.15) is 4.99 Å². The highest BCUT2D eigenvalue weighted by molar-refractivity contribution is 8.18. The van der Waals surface area contributed by atoms with Crippen molar-refractivity contribution in [3.63, 3.8) is 0 Å². The highest BCUT2D eigenvalue weighted by Gasteiger charge is 2.20. The normalized spacial score (nSPS) is 16.2. The van der Waals surface area contributed by atoms with Gasteiger partial charge >= 0.3 is 5.97 Å². The van der Waals surface area contributed by atoms with Gasteiger partial charge in [-0.3, -0.25) is 4.79 Å². The van der Waals surface area contributed by atoms with Gasteiger partial charge in [0.15, 0.2) is 17.5 Å². The molecule has 1 aliphatic heterocycles. The van der Waals surface area contributed by atoms with Gasteiger partial charge in [-0.05, 0) is 35.5 Å². The molecular formula is C12H8Cl2N2O4S. The molecule has 0 spiro atoms. The lowest BCUT2D eigenvalue weighted by Crippen LogP contribution is -2.10. The number of rotatable bonds is 4. The number of carbonyl (C=O) groups excluding carboxylic acids is 1. The predicted molar refractivity (Wildman–Crippen MR) is 81.8 cm³/mol. The Morgan fingerprint density at radius 3 is 2.52 bits per heavy atom. The number of amides is 1. The van der Waals surface area contributed by atoms with Crippen LogP contribution in [0.15, 0.2) is 22.0 Å². The molecule has 21 heavy (non-hydrogen) atoms. The van der Waals surface area contributed by atoms with Crippen molar-refractivity contribution in [1.82, 2.24) is 0 Å². The van der Waals surface area contributed by atoms with Gasteiger partial charge in [-0.15, -0.1) is 0 Å². The molecule has 0 bridgehead atoms. The summed E-state index contributed by atoms with van der Waals surface area (Å²) in [6.07, 6.45) is 1.54. The number of thioether (sulfide) groups is 1. The highest BCUT2D eigenvalue weighted by Crippen LogP contribution is 2.36. The summed E-state index contributed by atoms with van der Waals surface area (Å²) in [4.78, 5) is 25.9. The SMILES string of the molecule is NC1=NC(=O)C(=Cc2cc(Cl)c(OCC(=O)O)c(Cl)c2)S1. The number of benzene rings is 1. The Balaban J connectivity index is 2.26. The summed E-state index contributed by atoms with van der Waals surface area (Å²) in [5, 5.41) is 9.02. The molecule has 0 saturated heterocycles. The first-order valence-corrected chi connectivity index (χ1v) is 7.05. The van der Waals surface area contributed by atoms with Gasteiger partial charge in [0, 0.05) is 0 Å². The molecule has 1 aromatic carbocycles. The minimum atomic E-state index is -1.14. The number of aliphatic imine (C=N–C) groups is 1. The van der Waals surface area contributed by atoms with E-state index in [0.29, 0.717) is 10.5 Å². The monoisotopic (exact) mass is 346 g/mol. The minimum Gasteiger partial charge on any atom is -0.479 e. The Morgan fingerprint density at radius 1 is 1.43 bits per heavy atom. The van der Waals surface area contributed by atoms with Crippen LogP contribution in [0.1, 0.15) is 5.56 Å². The number of nitrogens with zero attached hydrogens (tertiary/aromatic N) is 1. The number of ether oxygens (including phenoxy) is 1. The smallest absolute Gasteiger partial charge is 0.341 e. The molecule has 1 aliphatic rings. The number of halogens is 2. The molecule has 0 atom stereocenters. The molecule has 0 radical (unpaired) electrons. The standard InChI is InChI=1S/C12H8Cl2N2O4S/c13-6-1-5(3-8-11(19)16-12(15)21-8)2-7(14)10(6)20-4-9(17)18/h1-3H,4H2,(H,17,18)(H2,15,16,19). The van der Waals surface area contributed by atoms with Crippen LogP contribution >= 0.6 is 35.0 Å². The number of carboxylic acid groups (broad SMARTS) is 1. The summed E-state index contributed by atoms with van der Waals surface area (Å²) in [6, 6.07) is 3.00. The molecule has 2 rings (SSSR count). The van der Waals surface area contributed by atoms with Gasteiger partial charge in [0.05, 0.1) is 15.0 Å². The van der Waals surface area contributed by atoms with Crippen LogP contribution < -0.4 is 10.5 Å². The molecule has 0 saturated carbocycles. The van der Waals surface area contributed by atoms with Crippen LogP contribution in [0.2, 0.25) is 10.0 Å². The molecule has 6 nitrogen and oxygen atoms in total. The largest absolute Gasteiger partial charge is 0.479 e. The Bertz CT molecular complexity index is 665. The Labute approximate surface area is 133 Å². The summed E-state index contributed by atoms with van der Waals surface area (Å²) >= 11 is 13.0. The van der Waals surface area contributed by atoms with Crippen LogP contribution in [0.4, 0.5) is 0 Å². The molecule has 0 aromatic heterocycles. The molecule has 1 heterocycles. The molecule has 110 valence electrons. The van der Waals surface area contributed by atoms with Gasteiger partial charge in [-0.1, -0.05) is 23.2 Å². The number of carbonyl (C=O) groups is 2. The summed E-state index contributed by atoms with van der Waals surface area (Å²) in [7, 11) is 0. The van der Waals surface area contributed by atoms with Crippen molar-refractivity contribution in [2.24, 2.45) is 10.7 Å². The number of carboxylic acids is 1. The number of amidine groups is 1. The third kappa shape index (κ3) is 3.90. The van der Waals surface area contributed by atoms with Gasteiger partial charge in [-0.25, -0.2) is 4.79 Å². The quantitative estimate of drug-likeness (QED) is 0.811. The first-order valence-electron chi connectivity index (χ1n) is 5.48. The van der Waals surface area contributed by atoms with Crippen molar-refractivity contribution in [2.75, 3.05) is 6.61 Å². The third-order valence-corrected chi connectivity index (χ3v) is 3.67. The second kappa shape index (κ2) is 6.38. The zero-order chi connectivity index (χ0) is 15.6. The van der Waals surface area contributed by atoms with E-state index in [0.717, 1.165) is 11.8 Å². The van der Waals surface area contributed by atoms with Crippen molar-refractivity contribution in [2.45, 2.75) is 0 Å². The fourth-order valence-electron chi connectivity index (χ4n) is 1.51. The van der Waals surface area contributed by atoms with Crippen molar-refractivity contribution < 1.29 is 19.4 Å². The van der Waals surface area contributed by atoms with Crippen LogP contribution in [0.3, 0.4) is 0 Å². The number of nitrogens with two attached hydrogens (primary N) is 1. The Morgan fingerprint density at radius 2 is 2.05 bits per heavy atom. The lowest BCUT2D eigenvalue weighted by molar-refractivity contribution is -0.139. The molecule has 0 aliphatic carbocycles. The summed E-state index contributed by atoms with van der Waals surface area (Å²) < 4.78 is 4.99. The van der Waals surface area contributed by atoms with Crippen LogP contribution in [-0.4, -0.2) is 28.8 Å². The predicted octanol–water partition coefficient (Wildman–Crippen LogP) is 2.39. The van der Waals surface area contributed by atoms with E-state index < -0.39 is 18.5 Å². The number of hydrogen-bond donors (Lipinski definition) is 2. The minimum absolute atomic E-state index is 0.0732. The summed E-state index contributed by atoms with van der Waals surface area (Å²) in [5.41, 5.74) is 5.99. The fourth-order valence-corrected chi connectivity index (χ4v) is 2.81. The Kier molecular flexibility index (Phi) is 4.76. The maximum atomic E-state index is 11.5. The van der Waals surface area contributed by atoms with E-state index in [1.807, 2.05) is 0 Å². The molecule has 1 aromatic rings. The van der Waals surface area contributed by atoms with E-state index in [2.05, 4.69) is 4.99 Å². The molecule has 0 unspecified atom stereocenters. The average molecular weight is 347 g/mol. The second-order valence-corrected chi connectivity index (χ2v) is 5.74. The van der Waals surface area contributed by atoms with Crippen LogP contribution in [0, 0.1) is 0 Å². The first kappa shape index (κ1) is 15.7. The highest BCUT2D eigenvalue weighted by atomic mass is 35.5. The third-order valence-electron chi connectivity index (χ3n) is 2.30. The maximum absolute atomic E-state index is 11.5. The summed E-state index contributed by atoms with van der Waals surface area (Å²) in [5.74, 6) is -1.51. The van der Waals surface area contributed by atoms with Crippen molar-refractivity contribution in [1.29, 1.82) is 0 Å². The van der Waals surface area contributed by atoms with Gasteiger partial charge in [0.25, 0.3) is 5.91 Å². The van der Waals surface area contributed by atoms with E-state index in [-0.39, 0.29) is 21.0 Å². The molecule has 0 fully saturated rings. The van der Waals surface area contributed by atoms with E-state index in [4.69, 9.17) is 38.8 Å². The second-order valence-electron chi connectivity index (χ2n) is 3.86. The van der Waals surface area contributed by atoms with Gasteiger partial charge < -0.3 is 15.6 Å². The van der Waals surface area contributed by atoms with Crippen LogP contribution in [-0.2, 0) is 9.59 Å². The maximum Gasteiger partial charge on any atom is 0.341 e. The zero-order valence-electron chi connectivity index (χ0n) is 10.3. The molecule has 9 heteroatoms. The van der Waals surface area contributed by atoms with Gasteiger partial charge in [0.1, 0.15) is 0 Å². The van der Waals surface area contributed by atoms with Crippen LogP contribution in [0.5, 0.6) is 5.75 Å². The van der Waals surface area contributed by atoms with Crippen molar-refractivity contribution in [3.8, 4) is 5.75 Å². The van der Waals surface area contributed by atoms with E-state index in [1.165, 1.54) is 18.2 Å². The first-order chi connectivity index (χ1) is 9.86. The van der Waals surface area contributed by atoms with Gasteiger partial charge in [0.2, 0.25) is 0 Å². The van der Waals surface area contributed by atoms with Crippen LogP contribution in [0.25, 0.3) is 6.08 Å². The molecule has 3 N–H and O–H groups in total. The topological polar surface area (TPSA) is 102 Å². The lowest BCUT2D eigenvalue weighted by atomic mass is 10.2. The summed E-state index contributed by atoms with van der Waals surface area (Å²) in [6.45, 7) is -0.557. The molecular weight excluding hydrogens is 339 g/mol. The number of hydrogen-bond acceptors (Lipinski definition) is 5. The van der Waals surface area contributed by atoms with E-state index in [1.54, 1.807) is 0 Å². The Hall–Kier alpha value is -1.70. The fraction of sp³-hybridized carbons (Fsp3) is 0.0833. The van der Waals surface area contributed by atoms with E-state index in [9.17, 15) is 9.59 Å². The van der Waals surface area contributed by atoms with Crippen molar-refractivity contribution >= 4 is 58.1 Å². The zero-order valence-corrected chi connectivity index (χ0v) is 12.6.